The Kier molecular flexibility index (Phi) is 4.64. The predicted octanol–water partition coefficient (Wildman–Crippen LogP) is 2.60. The van der Waals surface area contributed by atoms with Gasteiger partial charge in [0, 0.05) is 11.8 Å². The summed E-state index contributed by atoms with van der Waals surface area (Å²) >= 11 is 1.28. The van der Waals surface area contributed by atoms with Crippen LogP contribution in [-0.4, -0.2) is 35.6 Å². The van der Waals surface area contributed by atoms with Crippen LogP contribution < -0.4 is 0 Å². The molecular weight excluding hydrogens is 295 g/mol. The number of aromatic nitrogens is 2. The molecule has 1 aromatic carbocycles. The summed E-state index contributed by atoms with van der Waals surface area (Å²) in [7, 11) is 1.22. The molecule has 0 aliphatic heterocycles. The van der Waals surface area contributed by atoms with Crippen LogP contribution in [0.15, 0.2) is 29.6 Å². The van der Waals surface area contributed by atoms with Gasteiger partial charge in [0.2, 0.25) is 0 Å². The highest BCUT2D eigenvalue weighted by Crippen LogP contribution is 2.26. The minimum absolute atomic E-state index is 0.0885. The molecule has 0 atom stereocenters. The molecule has 1 aromatic heterocycles. The fourth-order valence-corrected chi connectivity index (χ4v) is 2.07. The monoisotopic (exact) mass is 306 g/mol. The molecule has 0 bridgehead atoms. The van der Waals surface area contributed by atoms with Crippen molar-refractivity contribution in [2.45, 2.75) is 5.16 Å². The van der Waals surface area contributed by atoms with Crippen molar-refractivity contribution in [2.24, 2.45) is 0 Å². The highest BCUT2D eigenvalue weighted by Gasteiger charge is 2.15. The molecule has 0 N–H and O–H groups in total. The van der Waals surface area contributed by atoms with Crippen molar-refractivity contribution >= 4 is 24.0 Å². The highest BCUT2D eigenvalue weighted by atomic mass is 32.2. The van der Waals surface area contributed by atoms with Crippen LogP contribution in [0.25, 0.3) is 11.3 Å². The lowest BCUT2D eigenvalue weighted by Gasteiger charge is -2.08. The number of hydrogen-bond acceptors (Lipinski definition) is 6. The van der Waals surface area contributed by atoms with Crippen molar-refractivity contribution in [2.75, 3.05) is 13.4 Å². The Morgan fingerprint density at radius 1 is 1.43 bits per heavy atom. The maximum atomic E-state index is 14.2. The maximum Gasteiger partial charge on any atom is 0.337 e. The number of halogens is 1. The van der Waals surface area contributed by atoms with E-state index in [1.165, 1.54) is 37.2 Å². The van der Waals surface area contributed by atoms with Crippen LogP contribution in [0.1, 0.15) is 20.7 Å². The molecule has 0 radical (unpaired) electrons. The fourth-order valence-electron chi connectivity index (χ4n) is 1.73. The van der Waals surface area contributed by atoms with Gasteiger partial charge in [0.1, 0.15) is 5.82 Å². The van der Waals surface area contributed by atoms with Gasteiger partial charge in [-0.3, -0.25) is 4.79 Å². The summed E-state index contributed by atoms with van der Waals surface area (Å²) in [5.41, 5.74) is 0.587. The molecule has 0 amide bonds. The van der Waals surface area contributed by atoms with Gasteiger partial charge in [-0.15, -0.1) is 0 Å². The quantitative estimate of drug-likeness (QED) is 0.374. The summed E-state index contributed by atoms with van der Waals surface area (Å²) in [5.74, 6) is -1.30. The molecule has 5 nitrogen and oxygen atoms in total. The van der Waals surface area contributed by atoms with Crippen LogP contribution in [0.4, 0.5) is 4.39 Å². The number of benzene rings is 1. The van der Waals surface area contributed by atoms with Crippen LogP contribution >= 0.6 is 11.8 Å². The number of esters is 1. The predicted molar refractivity (Wildman–Crippen MR) is 75.9 cm³/mol. The van der Waals surface area contributed by atoms with Crippen LogP contribution in [0.3, 0.4) is 0 Å². The Bertz CT molecular complexity index is 707. The van der Waals surface area contributed by atoms with Gasteiger partial charge in [0.05, 0.1) is 23.9 Å². The largest absolute Gasteiger partial charge is 0.465 e. The zero-order valence-corrected chi connectivity index (χ0v) is 12.1. The molecule has 0 aliphatic rings. The third-order valence-electron chi connectivity index (χ3n) is 2.75. The van der Waals surface area contributed by atoms with Crippen molar-refractivity contribution in [3.05, 3.63) is 41.3 Å². The average molecular weight is 306 g/mol. The van der Waals surface area contributed by atoms with E-state index in [1.54, 1.807) is 6.26 Å². The van der Waals surface area contributed by atoms with Gasteiger partial charge >= 0.3 is 5.97 Å². The van der Waals surface area contributed by atoms with Crippen molar-refractivity contribution in [3.63, 3.8) is 0 Å². The lowest BCUT2D eigenvalue weighted by Crippen LogP contribution is -2.03. The molecule has 0 aliphatic carbocycles. The van der Waals surface area contributed by atoms with E-state index in [1.807, 2.05) is 0 Å². The van der Waals surface area contributed by atoms with E-state index >= 15 is 0 Å². The van der Waals surface area contributed by atoms with E-state index in [0.29, 0.717) is 11.4 Å². The summed E-state index contributed by atoms with van der Waals surface area (Å²) in [6.45, 7) is 0. The third-order valence-corrected chi connectivity index (χ3v) is 3.31. The smallest absolute Gasteiger partial charge is 0.337 e. The molecular formula is C14H11FN2O3S. The van der Waals surface area contributed by atoms with E-state index in [4.69, 9.17) is 0 Å². The minimum Gasteiger partial charge on any atom is -0.465 e. The van der Waals surface area contributed by atoms with E-state index in [0.717, 1.165) is 6.07 Å². The lowest BCUT2D eigenvalue weighted by molar-refractivity contribution is 0.0600. The zero-order valence-electron chi connectivity index (χ0n) is 11.3. The number of rotatable bonds is 4. The van der Waals surface area contributed by atoms with Gasteiger partial charge < -0.3 is 4.74 Å². The van der Waals surface area contributed by atoms with Crippen LogP contribution in [-0.2, 0) is 4.74 Å². The Morgan fingerprint density at radius 3 is 2.76 bits per heavy atom. The van der Waals surface area contributed by atoms with Crippen LogP contribution in [0.5, 0.6) is 0 Å². The van der Waals surface area contributed by atoms with E-state index in [9.17, 15) is 14.0 Å². The summed E-state index contributed by atoms with van der Waals surface area (Å²) in [5, 5.41) is 0.423. The first kappa shape index (κ1) is 15.1. The summed E-state index contributed by atoms with van der Waals surface area (Å²) in [6.07, 6.45) is 3.68. The SMILES string of the molecule is COC(=O)c1ccc(-c2nc(SC)ncc2C=O)c(F)c1. The van der Waals surface area contributed by atoms with Crippen LogP contribution in [0.2, 0.25) is 0 Å². The molecule has 0 saturated carbocycles. The summed E-state index contributed by atoms with van der Waals surface area (Å²) in [4.78, 5) is 30.5. The molecule has 108 valence electrons. The Balaban J connectivity index is 2.56. The Labute approximate surface area is 124 Å². The standard InChI is InChI=1S/C14H11FN2O3S/c1-20-13(19)8-3-4-10(11(15)5-8)12-9(7-18)6-16-14(17-12)21-2/h3-7H,1-2H3. The number of carbonyl (C=O) groups is 2. The molecule has 0 spiro atoms. The van der Waals surface area contributed by atoms with E-state index in [2.05, 4.69) is 14.7 Å². The van der Waals surface area contributed by atoms with Gasteiger partial charge in [-0.2, -0.15) is 0 Å². The fraction of sp³-hybridized carbons (Fsp3) is 0.143. The van der Waals surface area contributed by atoms with E-state index < -0.39 is 11.8 Å². The highest BCUT2D eigenvalue weighted by molar-refractivity contribution is 7.98. The zero-order chi connectivity index (χ0) is 15.4. The number of ether oxygens (including phenoxy) is 1. The molecule has 7 heteroatoms. The summed E-state index contributed by atoms with van der Waals surface area (Å²) in [6, 6.07) is 3.86. The number of thioether (sulfide) groups is 1. The van der Waals surface area contributed by atoms with Gasteiger partial charge in [0.15, 0.2) is 11.4 Å². The lowest BCUT2D eigenvalue weighted by atomic mass is 10.0. The first-order valence-electron chi connectivity index (χ1n) is 5.85. The van der Waals surface area contributed by atoms with Crippen molar-refractivity contribution in [1.82, 2.24) is 9.97 Å². The Hall–Kier alpha value is -2.28. The molecule has 0 saturated heterocycles. The van der Waals surface area contributed by atoms with E-state index in [-0.39, 0.29) is 22.4 Å². The molecule has 2 aromatic rings. The molecule has 0 fully saturated rings. The molecule has 1 heterocycles. The van der Waals surface area contributed by atoms with Gasteiger partial charge in [-0.25, -0.2) is 19.2 Å². The molecule has 0 unspecified atom stereocenters. The van der Waals surface area contributed by atoms with Crippen LogP contribution in [0, 0.1) is 5.82 Å². The first-order valence-corrected chi connectivity index (χ1v) is 7.07. The number of nitrogens with zero attached hydrogens (tertiary/aromatic N) is 2. The van der Waals surface area contributed by atoms with Crippen molar-refractivity contribution < 1.29 is 18.7 Å². The average Bonchev–Trinajstić information content (AvgIpc) is 2.53. The topological polar surface area (TPSA) is 69.2 Å². The second-order valence-corrected chi connectivity index (χ2v) is 4.74. The number of methoxy groups -OCH3 is 1. The molecule has 2 rings (SSSR count). The maximum absolute atomic E-state index is 14.2. The summed E-state index contributed by atoms with van der Waals surface area (Å²) < 4.78 is 18.7. The second kappa shape index (κ2) is 6.45. The molecule has 21 heavy (non-hydrogen) atoms. The first-order chi connectivity index (χ1) is 10.1. The van der Waals surface area contributed by atoms with Gasteiger partial charge in [-0.05, 0) is 24.5 Å². The number of aldehydes is 1. The minimum atomic E-state index is -0.660. The number of hydrogen-bond donors (Lipinski definition) is 0. The third kappa shape index (κ3) is 3.08. The van der Waals surface area contributed by atoms with Crippen molar-refractivity contribution in [1.29, 1.82) is 0 Å². The van der Waals surface area contributed by atoms with Gasteiger partial charge in [-0.1, -0.05) is 11.8 Å². The Morgan fingerprint density at radius 2 is 2.19 bits per heavy atom. The number of carbonyl (C=O) groups excluding carboxylic acids is 2. The normalized spacial score (nSPS) is 10.2. The van der Waals surface area contributed by atoms with Gasteiger partial charge in [0.25, 0.3) is 0 Å². The second-order valence-electron chi connectivity index (χ2n) is 3.96. The van der Waals surface area contributed by atoms with Crippen molar-refractivity contribution in [3.8, 4) is 11.3 Å².